The summed E-state index contributed by atoms with van der Waals surface area (Å²) >= 11 is 0. The highest BCUT2D eigenvalue weighted by atomic mass is 16.3. The van der Waals surface area contributed by atoms with Crippen LogP contribution < -0.4 is 5.73 Å². The minimum atomic E-state index is -0.604. The fraction of sp³-hybridized carbons (Fsp3) is 0.167. The van der Waals surface area contributed by atoms with Gasteiger partial charge in [0.15, 0.2) is 0 Å². The maximum absolute atomic E-state index is 11.0. The van der Waals surface area contributed by atoms with Crippen LogP contribution in [0, 0.1) is 0 Å². The normalized spacial score (nSPS) is 12.4. The lowest BCUT2D eigenvalue weighted by Gasteiger charge is -2.11. The molecule has 0 radical (unpaired) electrons. The van der Waals surface area contributed by atoms with Gasteiger partial charge in [0.05, 0.1) is 11.8 Å². The second-order valence-corrected chi connectivity index (χ2v) is 3.74. The molecule has 0 saturated heterocycles. The van der Waals surface area contributed by atoms with Crippen molar-refractivity contribution in [2.24, 2.45) is 5.73 Å². The van der Waals surface area contributed by atoms with Crippen LogP contribution in [0.4, 0.5) is 0 Å². The molecular weight excluding hydrogens is 218 g/mol. The van der Waals surface area contributed by atoms with Gasteiger partial charge in [-0.3, -0.25) is 4.79 Å². The summed E-state index contributed by atoms with van der Waals surface area (Å²) in [5.41, 5.74) is 6.81. The van der Waals surface area contributed by atoms with Crippen molar-refractivity contribution in [3.05, 3.63) is 47.8 Å². The van der Waals surface area contributed by atoms with E-state index in [1.54, 1.807) is 19.2 Å². The first-order chi connectivity index (χ1) is 8.09. The van der Waals surface area contributed by atoms with E-state index < -0.39 is 12.0 Å². The second-order valence-electron chi connectivity index (χ2n) is 3.74. The highest BCUT2D eigenvalue weighted by molar-refractivity contribution is 5.90. The molecule has 1 aromatic heterocycles. The van der Waals surface area contributed by atoms with Crippen LogP contribution in [-0.2, 0) is 0 Å². The molecule has 1 atom stereocenters. The molecule has 0 bridgehead atoms. The number of nitrogens with two attached hydrogens (primary N) is 1. The van der Waals surface area contributed by atoms with Crippen LogP contribution in [0.15, 0.2) is 36.5 Å². The molecule has 88 valence electrons. The van der Waals surface area contributed by atoms with Gasteiger partial charge in [0.1, 0.15) is 5.69 Å². The smallest absolute Gasteiger partial charge is 0.269 e. The second kappa shape index (κ2) is 4.39. The molecule has 2 aromatic rings. The van der Waals surface area contributed by atoms with Gasteiger partial charge >= 0.3 is 0 Å². The van der Waals surface area contributed by atoms with Crippen LogP contribution in [0.2, 0.25) is 0 Å². The zero-order valence-corrected chi connectivity index (χ0v) is 9.37. The fourth-order valence-electron chi connectivity index (χ4n) is 1.64. The quantitative estimate of drug-likeness (QED) is 0.827. The summed E-state index contributed by atoms with van der Waals surface area (Å²) in [5, 5.41) is 13.7. The van der Waals surface area contributed by atoms with Gasteiger partial charge < -0.3 is 10.8 Å². The van der Waals surface area contributed by atoms with Crippen molar-refractivity contribution in [3.63, 3.8) is 0 Å². The van der Waals surface area contributed by atoms with Gasteiger partial charge in [-0.25, -0.2) is 4.68 Å². The number of hydrogen-bond donors (Lipinski definition) is 2. The number of carbonyl (C=O) groups is 1. The number of aromatic nitrogens is 2. The Kier molecular flexibility index (Phi) is 2.93. The molecule has 3 N–H and O–H groups in total. The van der Waals surface area contributed by atoms with E-state index in [1.165, 1.54) is 4.68 Å². The number of carbonyl (C=O) groups excluding carboxylic acids is 1. The van der Waals surface area contributed by atoms with E-state index in [1.807, 2.05) is 24.3 Å². The number of para-hydroxylation sites is 1. The van der Waals surface area contributed by atoms with E-state index in [9.17, 15) is 9.90 Å². The molecule has 0 aliphatic rings. The molecule has 1 heterocycles. The Labute approximate surface area is 98.5 Å². The van der Waals surface area contributed by atoms with Crippen LogP contribution in [-0.4, -0.2) is 20.8 Å². The summed E-state index contributed by atoms with van der Waals surface area (Å²) in [5.74, 6) is -0.571. The van der Waals surface area contributed by atoms with E-state index in [0.29, 0.717) is 0 Å². The predicted molar refractivity (Wildman–Crippen MR) is 62.7 cm³/mol. The van der Waals surface area contributed by atoms with Gasteiger partial charge in [-0.05, 0) is 19.1 Å². The Morgan fingerprint density at radius 3 is 2.71 bits per heavy atom. The van der Waals surface area contributed by atoms with E-state index in [2.05, 4.69) is 5.10 Å². The molecule has 0 fully saturated rings. The molecule has 0 saturated carbocycles. The molecule has 0 spiro atoms. The predicted octanol–water partition coefficient (Wildman–Crippen LogP) is 1.02. The summed E-state index contributed by atoms with van der Waals surface area (Å²) < 4.78 is 1.53. The third-order valence-corrected chi connectivity index (χ3v) is 2.48. The zero-order chi connectivity index (χ0) is 12.4. The van der Waals surface area contributed by atoms with Crippen molar-refractivity contribution >= 4 is 5.91 Å². The van der Waals surface area contributed by atoms with Gasteiger partial charge in [-0.15, -0.1) is 0 Å². The first-order valence-corrected chi connectivity index (χ1v) is 5.22. The molecule has 17 heavy (non-hydrogen) atoms. The number of amides is 1. The Balaban J connectivity index is 2.48. The van der Waals surface area contributed by atoms with Gasteiger partial charge in [0, 0.05) is 11.8 Å². The minimum Gasteiger partial charge on any atom is -0.389 e. The third kappa shape index (κ3) is 2.19. The van der Waals surface area contributed by atoms with E-state index >= 15 is 0 Å². The van der Waals surface area contributed by atoms with Crippen molar-refractivity contribution in [2.45, 2.75) is 13.0 Å². The summed E-state index contributed by atoms with van der Waals surface area (Å²) in [4.78, 5) is 11.0. The van der Waals surface area contributed by atoms with E-state index in [4.69, 9.17) is 5.73 Å². The molecule has 1 unspecified atom stereocenters. The van der Waals surface area contributed by atoms with Gasteiger partial charge in [0.2, 0.25) is 0 Å². The highest BCUT2D eigenvalue weighted by Gasteiger charge is 2.11. The van der Waals surface area contributed by atoms with Crippen molar-refractivity contribution in [1.82, 2.24) is 9.78 Å². The third-order valence-electron chi connectivity index (χ3n) is 2.48. The van der Waals surface area contributed by atoms with Crippen LogP contribution in [0.1, 0.15) is 29.1 Å². The van der Waals surface area contributed by atoms with Crippen LogP contribution in [0.25, 0.3) is 5.69 Å². The maximum atomic E-state index is 11.0. The summed E-state index contributed by atoms with van der Waals surface area (Å²) in [6, 6.07) is 8.85. The Hall–Kier alpha value is -2.14. The lowest BCUT2D eigenvalue weighted by atomic mass is 10.1. The minimum absolute atomic E-state index is 0.199. The molecule has 0 aliphatic heterocycles. The Bertz CT molecular complexity index is 546. The molecule has 5 heteroatoms. The molecule has 5 nitrogen and oxygen atoms in total. The number of primary amides is 1. The Morgan fingerprint density at radius 1 is 1.41 bits per heavy atom. The Morgan fingerprint density at radius 2 is 2.12 bits per heavy atom. The van der Waals surface area contributed by atoms with Crippen molar-refractivity contribution in [2.75, 3.05) is 0 Å². The lowest BCUT2D eigenvalue weighted by Crippen LogP contribution is -2.12. The number of nitrogens with zero attached hydrogens (tertiary/aromatic N) is 2. The van der Waals surface area contributed by atoms with E-state index in [-0.39, 0.29) is 5.69 Å². The van der Waals surface area contributed by atoms with Crippen LogP contribution >= 0.6 is 0 Å². The first-order valence-electron chi connectivity index (χ1n) is 5.22. The maximum Gasteiger partial charge on any atom is 0.269 e. The van der Waals surface area contributed by atoms with Crippen molar-refractivity contribution in [3.8, 4) is 5.69 Å². The summed E-state index contributed by atoms with van der Waals surface area (Å²) in [6.07, 6.45) is 1.04. The van der Waals surface area contributed by atoms with Gasteiger partial charge in [-0.1, -0.05) is 18.2 Å². The first kappa shape index (κ1) is 11.3. The molecular formula is C12H13N3O2. The average molecular weight is 231 g/mol. The fourth-order valence-corrected chi connectivity index (χ4v) is 1.64. The lowest BCUT2D eigenvalue weighted by molar-refractivity contribution is 0.0995. The van der Waals surface area contributed by atoms with E-state index in [0.717, 1.165) is 11.3 Å². The van der Waals surface area contributed by atoms with Crippen LogP contribution in [0.3, 0.4) is 0 Å². The average Bonchev–Trinajstić information content (AvgIpc) is 2.78. The monoisotopic (exact) mass is 231 g/mol. The molecule has 0 aliphatic carbocycles. The summed E-state index contributed by atoms with van der Waals surface area (Å²) in [7, 11) is 0. The zero-order valence-electron chi connectivity index (χ0n) is 9.37. The molecule has 1 amide bonds. The molecule has 2 rings (SSSR count). The molecule has 1 aromatic carbocycles. The van der Waals surface area contributed by atoms with Crippen molar-refractivity contribution in [1.29, 1.82) is 0 Å². The standard InChI is InChI=1S/C12H13N3O2/c1-8(16)9-4-2-3-5-11(9)15-7-6-10(14-15)12(13)17/h2-8,16H,1H3,(H2,13,17). The number of benzene rings is 1. The summed E-state index contributed by atoms with van der Waals surface area (Å²) in [6.45, 7) is 1.68. The van der Waals surface area contributed by atoms with Gasteiger partial charge in [0.25, 0.3) is 5.91 Å². The number of aliphatic hydroxyl groups is 1. The number of rotatable bonds is 3. The highest BCUT2D eigenvalue weighted by Crippen LogP contribution is 2.20. The SMILES string of the molecule is CC(O)c1ccccc1-n1ccc(C(N)=O)n1. The van der Waals surface area contributed by atoms with Gasteiger partial charge in [-0.2, -0.15) is 5.10 Å². The number of hydrogen-bond acceptors (Lipinski definition) is 3. The van der Waals surface area contributed by atoms with Crippen LogP contribution in [0.5, 0.6) is 0 Å². The van der Waals surface area contributed by atoms with Crippen molar-refractivity contribution < 1.29 is 9.90 Å². The largest absolute Gasteiger partial charge is 0.389 e. The number of aliphatic hydroxyl groups excluding tert-OH is 1. The topological polar surface area (TPSA) is 81.1 Å².